The molecule has 0 atom stereocenters. The maximum atomic E-state index is 9.86. The van der Waals surface area contributed by atoms with Crippen LogP contribution in [0.3, 0.4) is 0 Å². The third kappa shape index (κ3) is 3.30. The molecule has 8 nitrogen and oxygen atoms in total. The Labute approximate surface area is 166 Å². The molecule has 1 fully saturated rings. The lowest BCUT2D eigenvalue weighted by molar-refractivity contribution is 0.264. The summed E-state index contributed by atoms with van der Waals surface area (Å²) in [6.45, 7) is 1.04. The van der Waals surface area contributed by atoms with Gasteiger partial charge in [-0.25, -0.2) is 0 Å². The molecule has 0 spiro atoms. The third-order valence-electron chi connectivity index (χ3n) is 5.02. The Hall–Kier alpha value is -3.02. The van der Waals surface area contributed by atoms with Crippen LogP contribution in [0.25, 0.3) is 11.6 Å². The van der Waals surface area contributed by atoms with Crippen molar-refractivity contribution in [1.82, 2.24) is 20.3 Å². The molecule has 1 saturated heterocycles. The summed E-state index contributed by atoms with van der Waals surface area (Å²) in [5.41, 5.74) is 0.735. The first-order valence-corrected chi connectivity index (χ1v) is 9.22. The van der Waals surface area contributed by atoms with E-state index >= 15 is 0 Å². The molecule has 1 aliphatic heterocycles. The first-order chi connectivity index (χ1) is 13.6. The van der Waals surface area contributed by atoms with E-state index in [1.165, 1.54) is 0 Å². The van der Waals surface area contributed by atoms with Crippen LogP contribution in [0.15, 0.2) is 40.9 Å². The minimum Gasteiger partial charge on any atom is -0.388 e. The third-order valence-corrected chi connectivity index (χ3v) is 5.35. The number of halogens is 1. The van der Waals surface area contributed by atoms with Crippen LogP contribution in [0.5, 0.6) is 0 Å². The highest BCUT2D eigenvalue weighted by Gasteiger charge is 2.38. The molecule has 0 bridgehead atoms. The Morgan fingerprint density at radius 3 is 2.57 bits per heavy atom. The Morgan fingerprint density at radius 2 is 1.96 bits per heavy atom. The van der Waals surface area contributed by atoms with Gasteiger partial charge in [0.2, 0.25) is 0 Å². The predicted molar refractivity (Wildman–Crippen MR) is 101 cm³/mol. The van der Waals surface area contributed by atoms with Gasteiger partial charge in [-0.05, 0) is 36.6 Å². The van der Waals surface area contributed by atoms with Gasteiger partial charge in [0.1, 0.15) is 6.61 Å². The molecule has 1 N–H and O–H groups in total. The maximum Gasteiger partial charge on any atom is 0.278 e. The highest BCUT2D eigenvalue weighted by atomic mass is 35.5. The zero-order valence-electron chi connectivity index (χ0n) is 14.9. The standard InChI is InChI=1S/C19H17ClN6O2/c20-14-4-2-1-3-13(14)19(12-21)7-9-26(10-8-19)17-6-5-15(23-24-17)18-22-16(11-27)25-28-18/h1-6,27H,7-11H2. The lowest BCUT2D eigenvalue weighted by atomic mass is 9.74. The van der Waals surface area contributed by atoms with Gasteiger partial charge in [-0.2, -0.15) is 10.2 Å². The van der Waals surface area contributed by atoms with E-state index in [-0.39, 0.29) is 18.3 Å². The number of piperidine rings is 1. The molecule has 0 aliphatic carbocycles. The summed E-state index contributed by atoms with van der Waals surface area (Å²) in [7, 11) is 0. The van der Waals surface area contributed by atoms with Crippen LogP contribution in [0, 0.1) is 11.3 Å². The van der Waals surface area contributed by atoms with Gasteiger partial charge in [-0.1, -0.05) is 35.0 Å². The van der Waals surface area contributed by atoms with Gasteiger partial charge in [-0.3, -0.25) is 0 Å². The van der Waals surface area contributed by atoms with E-state index in [1.807, 2.05) is 30.3 Å². The topological polar surface area (TPSA) is 112 Å². The van der Waals surface area contributed by atoms with Crippen LogP contribution < -0.4 is 4.90 Å². The van der Waals surface area contributed by atoms with E-state index in [0.717, 1.165) is 11.4 Å². The normalized spacial score (nSPS) is 16.0. The Balaban J connectivity index is 1.49. The lowest BCUT2D eigenvalue weighted by Gasteiger charge is -2.38. The van der Waals surface area contributed by atoms with E-state index in [4.69, 9.17) is 21.2 Å². The molecule has 3 heterocycles. The van der Waals surface area contributed by atoms with Crippen molar-refractivity contribution in [3.8, 4) is 17.7 Å². The van der Waals surface area contributed by atoms with Crippen molar-refractivity contribution in [3.63, 3.8) is 0 Å². The monoisotopic (exact) mass is 396 g/mol. The number of nitrogens with zero attached hydrogens (tertiary/aromatic N) is 6. The Morgan fingerprint density at radius 1 is 1.18 bits per heavy atom. The second kappa shape index (κ2) is 7.54. The van der Waals surface area contributed by atoms with Crippen molar-refractivity contribution < 1.29 is 9.63 Å². The second-order valence-corrected chi connectivity index (χ2v) is 7.02. The van der Waals surface area contributed by atoms with Crippen molar-refractivity contribution in [1.29, 1.82) is 5.26 Å². The minimum absolute atomic E-state index is 0.198. The Bertz CT molecular complexity index is 1010. The average Bonchev–Trinajstić information content (AvgIpc) is 3.24. The molecule has 1 aromatic carbocycles. The molecule has 4 rings (SSSR count). The maximum absolute atomic E-state index is 9.86. The number of rotatable bonds is 4. The van der Waals surface area contributed by atoms with Gasteiger partial charge in [0, 0.05) is 18.1 Å². The highest BCUT2D eigenvalue weighted by molar-refractivity contribution is 6.31. The lowest BCUT2D eigenvalue weighted by Crippen LogP contribution is -2.42. The fourth-order valence-corrected chi connectivity index (χ4v) is 3.75. The number of hydrogen-bond donors (Lipinski definition) is 1. The highest BCUT2D eigenvalue weighted by Crippen LogP contribution is 2.39. The molecular weight excluding hydrogens is 380 g/mol. The summed E-state index contributed by atoms with van der Waals surface area (Å²) in [5.74, 6) is 1.13. The van der Waals surface area contributed by atoms with Gasteiger partial charge in [0.05, 0.1) is 11.5 Å². The molecule has 1 aliphatic rings. The summed E-state index contributed by atoms with van der Waals surface area (Å²) >= 11 is 6.34. The fourth-order valence-electron chi connectivity index (χ4n) is 3.44. The SMILES string of the molecule is N#CC1(c2ccccc2Cl)CCN(c2ccc(-c3nc(CO)no3)nn2)CC1. The molecule has 0 unspecified atom stereocenters. The number of aliphatic hydroxyl groups excluding tert-OH is 1. The molecule has 9 heteroatoms. The zero-order valence-corrected chi connectivity index (χ0v) is 15.7. The van der Waals surface area contributed by atoms with Gasteiger partial charge in [0.15, 0.2) is 17.3 Å². The number of nitriles is 1. The number of aromatic nitrogens is 4. The van der Waals surface area contributed by atoms with Crippen LogP contribution in [-0.4, -0.2) is 38.5 Å². The van der Waals surface area contributed by atoms with Crippen LogP contribution in [0.2, 0.25) is 5.02 Å². The van der Waals surface area contributed by atoms with E-state index in [0.29, 0.717) is 36.6 Å². The van der Waals surface area contributed by atoms with E-state index in [9.17, 15) is 5.26 Å². The molecule has 0 saturated carbocycles. The molecule has 2 aromatic heterocycles. The molecule has 142 valence electrons. The number of benzene rings is 1. The predicted octanol–water partition coefficient (Wildman–Crippen LogP) is 2.73. The molecule has 28 heavy (non-hydrogen) atoms. The molecule has 0 amide bonds. The van der Waals surface area contributed by atoms with Crippen molar-refractivity contribution in [3.05, 3.63) is 52.8 Å². The largest absolute Gasteiger partial charge is 0.388 e. The van der Waals surface area contributed by atoms with Crippen molar-refractivity contribution in [2.75, 3.05) is 18.0 Å². The second-order valence-electron chi connectivity index (χ2n) is 6.61. The van der Waals surface area contributed by atoms with Gasteiger partial charge in [-0.15, -0.1) is 10.2 Å². The minimum atomic E-state index is -0.591. The van der Waals surface area contributed by atoms with Crippen molar-refractivity contribution in [2.24, 2.45) is 0 Å². The van der Waals surface area contributed by atoms with Gasteiger partial charge in [0.25, 0.3) is 5.89 Å². The average molecular weight is 397 g/mol. The van der Waals surface area contributed by atoms with Gasteiger partial charge < -0.3 is 14.5 Å². The van der Waals surface area contributed by atoms with Crippen molar-refractivity contribution >= 4 is 17.4 Å². The van der Waals surface area contributed by atoms with E-state index < -0.39 is 5.41 Å². The van der Waals surface area contributed by atoms with Crippen LogP contribution in [0.4, 0.5) is 5.82 Å². The summed E-state index contributed by atoms with van der Waals surface area (Å²) in [6, 6.07) is 13.6. The van der Waals surface area contributed by atoms with E-state index in [2.05, 4.69) is 31.3 Å². The summed E-state index contributed by atoms with van der Waals surface area (Å²) in [5, 5.41) is 31.5. The van der Waals surface area contributed by atoms with Crippen LogP contribution in [-0.2, 0) is 12.0 Å². The fraction of sp³-hybridized carbons (Fsp3) is 0.316. The quantitative estimate of drug-likeness (QED) is 0.716. The zero-order chi connectivity index (χ0) is 19.6. The van der Waals surface area contributed by atoms with Crippen molar-refractivity contribution in [2.45, 2.75) is 24.9 Å². The molecule has 3 aromatic rings. The smallest absolute Gasteiger partial charge is 0.278 e. The molecule has 0 radical (unpaired) electrons. The summed E-state index contributed by atoms with van der Waals surface area (Å²) in [6.07, 6.45) is 1.31. The number of aliphatic hydroxyl groups is 1. The Kier molecular flexibility index (Phi) is 4.94. The first-order valence-electron chi connectivity index (χ1n) is 8.84. The van der Waals surface area contributed by atoms with Crippen LogP contribution >= 0.6 is 11.6 Å². The van der Waals surface area contributed by atoms with E-state index in [1.54, 1.807) is 6.07 Å². The first kappa shape index (κ1) is 18.3. The van der Waals surface area contributed by atoms with Gasteiger partial charge >= 0.3 is 0 Å². The van der Waals surface area contributed by atoms with Crippen LogP contribution in [0.1, 0.15) is 24.2 Å². The molecular formula is C19H17ClN6O2. The summed E-state index contributed by atoms with van der Waals surface area (Å²) in [4.78, 5) is 6.11. The number of anilines is 1. The summed E-state index contributed by atoms with van der Waals surface area (Å²) < 4.78 is 5.04. The number of hydrogen-bond acceptors (Lipinski definition) is 8.